The lowest BCUT2D eigenvalue weighted by molar-refractivity contribution is -0.137. The van der Waals surface area contributed by atoms with Gasteiger partial charge in [0, 0.05) is 18.2 Å². The molecule has 6 nitrogen and oxygen atoms in total. The van der Waals surface area contributed by atoms with Crippen LogP contribution in [-0.2, 0) is 16.1 Å². The molecule has 1 heterocycles. The van der Waals surface area contributed by atoms with Crippen LogP contribution in [0.1, 0.15) is 26.7 Å². The van der Waals surface area contributed by atoms with Gasteiger partial charge in [0.2, 0.25) is 5.91 Å². The van der Waals surface area contributed by atoms with Gasteiger partial charge in [-0.05, 0) is 6.42 Å². The summed E-state index contributed by atoms with van der Waals surface area (Å²) in [5, 5.41) is 15.2. The van der Waals surface area contributed by atoms with Gasteiger partial charge in [-0.1, -0.05) is 20.3 Å². The summed E-state index contributed by atoms with van der Waals surface area (Å²) in [6.07, 6.45) is 3.29. The molecule has 1 amide bonds. The third-order valence-electron chi connectivity index (χ3n) is 2.36. The lowest BCUT2D eigenvalue weighted by Crippen LogP contribution is -2.20. The van der Waals surface area contributed by atoms with E-state index >= 15 is 0 Å². The molecule has 1 unspecified atom stereocenters. The first-order valence-corrected chi connectivity index (χ1v) is 5.59. The van der Waals surface area contributed by atoms with Gasteiger partial charge in [0.25, 0.3) is 0 Å². The van der Waals surface area contributed by atoms with Crippen molar-refractivity contribution in [2.45, 2.75) is 33.2 Å². The molecule has 2 N–H and O–H groups in total. The molecule has 1 rings (SSSR count). The molecule has 17 heavy (non-hydrogen) atoms. The van der Waals surface area contributed by atoms with Crippen LogP contribution in [0.5, 0.6) is 0 Å². The molecule has 0 saturated heterocycles. The number of aliphatic carboxylic acids is 1. The number of nitrogens with zero attached hydrogens (tertiary/aromatic N) is 2. The highest BCUT2D eigenvalue weighted by Crippen LogP contribution is 2.09. The molecule has 0 spiro atoms. The first-order chi connectivity index (χ1) is 8.02. The van der Waals surface area contributed by atoms with Crippen LogP contribution in [0.4, 0.5) is 5.82 Å². The van der Waals surface area contributed by atoms with Gasteiger partial charge < -0.3 is 10.4 Å². The summed E-state index contributed by atoms with van der Waals surface area (Å²) < 4.78 is 1.27. The van der Waals surface area contributed by atoms with E-state index in [1.807, 2.05) is 13.8 Å². The number of carbonyl (C=O) groups is 2. The Bertz CT molecular complexity index is 400. The van der Waals surface area contributed by atoms with Crippen molar-refractivity contribution in [3.05, 3.63) is 12.3 Å². The van der Waals surface area contributed by atoms with Crippen molar-refractivity contribution < 1.29 is 14.7 Å². The number of hydrogen-bond donors (Lipinski definition) is 2. The van der Waals surface area contributed by atoms with Crippen LogP contribution in [0, 0.1) is 5.92 Å². The van der Waals surface area contributed by atoms with Gasteiger partial charge in [-0.3, -0.25) is 14.3 Å². The molecule has 1 atom stereocenters. The second-order valence-electron chi connectivity index (χ2n) is 3.97. The topological polar surface area (TPSA) is 84.2 Å². The zero-order chi connectivity index (χ0) is 12.8. The summed E-state index contributed by atoms with van der Waals surface area (Å²) in [7, 11) is 0. The van der Waals surface area contributed by atoms with Crippen molar-refractivity contribution in [1.29, 1.82) is 0 Å². The number of hydrogen-bond acceptors (Lipinski definition) is 3. The highest BCUT2D eigenvalue weighted by Gasteiger charge is 2.13. The third kappa shape index (κ3) is 4.26. The molecule has 1 aromatic rings. The Balaban J connectivity index is 2.54. The number of anilines is 1. The van der Waals surface area contributed by atoms with Crippen molar-refractivity contribution in [3.8, 4) is 0 Å². The van der Waals surface area contributed by atoms with Crippen molar-refractivity contribution in [1.82, 2.24) is 9.78 Å². The molecule has 6 heteroatoms. The molecular formula is C11H17N3O3. The number of rotatable bonds is 6. The maximum atomic E-state index is 11.7. The minimum absolute atomic E-state index is 0.0652. The second kappa shape index (κ2) is 6.03. The second-order valence-corrected chi connectivity index (χ2v) is 3.97. The summed E-state index contributed by atoms with van der Waals surface area (Å²) >= 11 is 0. The van der Waals surface area contributed by atoms with Crippen molar-refractivity contribution in [2.24, 2.45) is 5.92 Å². The highest BCUT2D eigenvalue weighted by atomic mass is 16.4. The summed E-state index contributed by atoms with van der Waals surface area (Å²) in [5.41, 5.74) is 0. The SMILES string of the molecule is CCCC(C)C(=O)Nc1ccn(CC(=O)O)n1. The molecule has 94 valence electrons. The molecule has 0 fully saturated rings. The van der Waals surface area contributed by atoms with Crippen LogP contribution < -0.4 is 5.32 Å². The van der Waals surface area contributed by atoms with E-state index in [9.17, 15) is 9.59 Å². The highest BCUT2D eigenvalue weighted by molar-refractivity contribution is 5.91. The molecule has 0 aliphatic carbocycles. The maximum absolute atomic E-state index is 11.7. The van der Waals surface area contributed by atoms with E-state index in [0.717, 1.165) is 12.8 Å². The fraction of sp³-hybridized carbons (Fsp3) is 0.545. The molecular weight excluding hydrogens is 222 g/mol. The smallest absolute Gasteiger partial charge is 0.325 e. The summed E-state index contributed by atoms with van der Waals surface area (Å²) in [6.45, 7) is 3.67. The Morgan fingerprint density at radius 2 is 2.29 bits per heavy atom. The number of carboxylic acid groups (broad SMARTS) is 1. The lowest BCUT2D eigenvalue weighted by Gasteiger charge is -2.08. The predicted molar refractivity (Wildman–Crippen MR) is 62.6 cm³/mol. The Labute approximate surface area is 99.6 Å². The van der Waals surface area contributed by atoms with Crippen LogP contribution in [0.25, 0.3) is 0 Å². The first-order valence-electron chi connectivity index (χ1n) is 5.59. The van der Waals surface area contributed by atoms with E-state index in [-0.39, 0.29) is 18.4 Å². The zero-order valence-corrected chi connectivity index (χ0v) is 10.0. The van der Waals surface area contributed by atoms with Gasteiger partial charge in [-0.15, -0.1) is 0 Å². The number of carbonyl (C=O) groups excluding carboxylic acids is 1. The van der Waals surface area contributed by atoms with Gasteiger partial charge in [-0.2, -0.15) is 5.10 Å². The zero-order valence-electron chi connectivity index (χ0n) is 10.0. The van der Waals surface area contributed by atoms with Gasteiger partial charge in [0.15, 0.2) is 5.82 Å². The fourth-order valence-electron chi connectivity index (χ4n) is 1.47. The monoisotopic (exact) mass is 239 g/mol. The van der Waals surface area contributed by atoms with Gasteiger partial charge in [0.05, 0.1) is 0 Å². The van der Waals surface area contributed by atoms with Crippen molar-refractivity contribution in [2.75, 3.05) is 5.32 Å². The number of nitrogens with one attached hydrogen (secondary N) is 1. The van der Waals surface area contributed by atoms with Crippen molar-refractivity contribution >= 4 is 17.7 Å². The Morgan fingerprint density at radius 3 is 2.88 bits per heavy atom. The van der Waals surface area contributed by atoms with Crippen LogP contribution in [0.15, 0.2) is 12.3 Å². The molecule has 0 bridgehead atoms. The van der Waals surface area contributed by atoms with Crippen LogP contribution in [0.2, 0.25) is 0 Å². The molecule has 0 saturated carbocycles. The normalized spacial score (nSPS) is 12.1. The maximum Gasteiger partial charge on any atom is 0.325 e. The summed E-state index contributed by atoms with van der Waals surface area (Å²) in [6, 6.07) is 1.58. The lowest BCUT2D eigenvalue weighted by atomic mass is 10.1. The molecule has 0 radical (unpaired) electrons. The van der Waals surface area contributed by atoms with E-state index in [1.165, 1.54) is 10.9 Å². The van der Waals surface area contributed by atoms with Crippen LogP contribution >= 0.6 is 0 Å². The van der Waals surface area contributed by atoms with Crippen LogP contribution in [0.3, 0.4) is 0 Å². The summed E-state index contributed by atoms with van der Waals surface area (Å²) in [4.78, 5) is 22.1. The molecule has 0 aliphatic rings. The minimum atomic E-state index is -0.967. The Hall–Kier alpha value is -1.85. The van der Waals surface area contributed by atoms with Gasteiger partial charge in [-0.25, -0.2) is 0 Å². The number of carboxylic acids is 1. The molecule has 1 aromatic heterocycles. The summed E-state index contributed by atoms with van der Waals surface area (Å²) in [5.74, 6) is -0.735. The molecule has 0 aliphatic heterocycles. The quantitative estimate of drug-likeness (QED) is 0.784. The van der Waals surface area contributed by atoms with E-state index in [2.05, 4.69) is 10.4 Å². The Kier molecular flexibility index (Phi) is 4.68. The van der Waals surface area contributed by atoms with E-state index in [1.54, 1.807) is 6.07 Å². The third-order valence-corrected chi connectivity index (χ3v) is 2.36. The minimum Gasteiger partial charge on any atom is -0.480 e. The number of aromatic nitrogens is 2. The Morgan fingerprint density at radius 1 is 1.59 bits per heavy atom. The average Bonchev–Trinajstić information content (AvgIpc) is 2.64. The van der Waals surface area contributed by atoms with E-state index in [0.29, 0.717) is 5.82 Å². The van der Waals surface area contributed by atoms with Gasteiger partial charge >= 0.3 is 5.97 Å². The number of amides is 1. The van der Waals surface area contributed by atoms with E-state index in [4.69, 9.17) is 5.11 Å². The first kappa shape index (κ1) is 13.2. The fourth-order valence-corrected chi connectivity index (χ4v) is 1.47. The van der Waals surface area contributed by atoms with Gasteiger partial charge in [0.1, 0.15) is 6.54 Å². The largest absolute Gasteiger partial charge is 0.480 e. The standard InChI is InChI=1S/C11H17N3O3/c1-3-4-8(2)11(17)12-9-5-6-14(13-9)7-10(15)16/h5-6,8H,3-4,7H2,1-2H3,(H,15,16)(H,12,13,17). The predicted octanol–water partition coefficient (Wildman–Crippen LogP) is 1.34. The average molecular weight is 239 g/mol. The molecule has 0 aromatic carbocycles. The van der Waals surface area contributed by atoms with Crippen molar-refractivity contribution in [3.63, 3.8) is 0 Å². The van der Waals surface area contributed by atoms with E-state index < -0.39 is 5.97 Å². The van der Waals surface area contributed by atoms with Crippen LogP contribution in [-0.4, -0.2) is 26.8 Å².